The van der Waals surface area contributed by atoms with E-state index in [1.807, 2.05) is 22.6 Å². The first-order valence-corrected chi connectivity index (χ1v) is 7.27. The lowest BCUT2D eigenvalue weighted by Crippen LogP contribution is -2.43. The van der Waals surface area contributed by atoms with Crippen LogP contribution in [0, 0.1) is 3.57 Å². The maximum Gasteiger partial charge on any atom is 0.326 e. The van der Waals surface area contributed by atoms with Crippen LogP contribution in [0.25, 0.3) is 0 Å². The van der Waals surface area contributed by atoms with E-state index in [1.165, 1.54) is 0 Å². The summed E-state index contributed by atoms with van der Waals surface area (Å²) in [5.74, 6) is -1.12. The number of nitrogens with one attached hydrogen (secondary N) is 1. The van der Waals surface area contributed by atoms with Gasteiger partial charge in [0.25, 0.3) is 0 Å². The number of carboxylic acid groups (broad SMARTS) is 1. The van der Waals surface area contributed by atoms with Crippen molar-refractivity contribution in [1.82, 2.24) is 4.90 Å². The Balaban J connectivity index is 2.13. The molecule has 0 saturated carbocycles. The molecule has 108 valence electrons. The average Bonchev–Trinajstić information content (AvgIpc) is 2.75. The molecule has 1 heterocycles. The highest BCUT2D eigenvalue weighted by Gasteiger charge is 2.39. The molecule has 1 aliphatic rings. The van der Waals surface area contributed by atoms with Gasteiger partial charge in [0, 0.05) is 21.6 Å². The van der Waals surface area contributed by atoms with Crippen molar-refractivity contribution in [2.75, 3.05) is 11.9 Å². The largest absolute Gasteiger partial charge is 0.480 e. The Labute approximate surface area is 133 Å². The summed E-state index contributed by atoms with van der Waals surface area (Å²) in [5, 5.41) is 21.8. The van der Waals surface area contributed by atoms with Crippen molar-refractivity contribution in [1.29, 1.82) is 0 Å². The number of benzene rings is 1. The third-order valence-electron chi connectivity index (χ3n) is 3.00. The topological polar surface area (TPSA) is 89.9 Å². The third kappa shape index (κ3) is 3.33. The minimum atomic E-state index is -1.12. The SMILES string of the molecule is O=C(O)[C@H]1C[C@@H](O)CN1C(=O)Nc1ccc(Cl)cc1I. The maximum atomic E-state index is 12.1. The number of rotatable bonds is 2. The van der Waals surface area contributed by atoms with Gasteiger partial charge in [-0.2, -0.15) is 0 Å². The molecule has 1 fully saturated rings. The molecule has 0 bridgehead atoms. The second-order valence-electron chi connectivity index (χ2n) is 4.45. The number of β-amino-alcohol motifs (C(OH)–C–C–N with tert-alkyl or cyclic N) is 1. The van der Waals surface area contributed by atoms with Gasteiger partial charge in [-0.25, -0.2) is 9.59 Å². The second-order valence-corrected chi connectivity index (χ2v) is 6.05. The zero-order valence-electron chi connectivity index (χ0n) is 10.2. The van der Waals surface area contributed by atoms with E-state index in [-0.39, 0.29) is 13.0 Å². The number of likely N-dealkylation sites (tertiary alicyclic amines) is 1. The summed E-state index contributed by atoms with van der Waals surface area (Å²) in [6.45, 7) is 0.00691. The number of aliphatic hydroxyl groups excluding tert-OH is 1. The number of amides is 2. The lowest BCUT2D eigenvalue weighted by molar-refractivity contribution is -0.141. The first-order chi connectivity index (χ1) is 9.38. The molecule has 1 aliphatic heterocycles. The van der Waals surface area contributed by atoms with Crippen molar-refractivity contribution < 1.29 is 19.8 Å². The molecule has 8 heteroatoms. The van der Waals surface area contributed by atoms with E-state index < -0.39 is 24.1 Å². The van der Waals surface area contributed by atoms with E-state index in [2.05, 4.69) is 5.32 Å². The molecule has 1 aromatic carbocycles. The van der Waals surface area contributed by atoms with Gasteiger partial charge in [-0.15, -0.1) is 0 Å². The Morgan fingerprint density at radius 2 is 2.15 bits per heavy atom. The highest BCUT2D eigenvalue weighted by Crippen LogP contribution is 2.24. The number of carboxylic acids is 1. The minimum Gasteiger partial charge on any atom is -0.480 e. The van der Waals surface area contributed by atoms with Crippen LogP contribution >= 0.6 is 34.2 Å². The zero-order chi connectivity index (χ0) is 14.9. The number of urea groups is 1. The number of nitrogens with zero attached hydrogens (tertiary/aromatic N) is 1. The minimum absolute atomic E-state index is 0.00691. The smallest absolute Gasteiger partial charge is 0.326 e. The Morgan fingerprint density at radius 3 is 2.75 bits per heavy atom. The summed E-state index contributed by atoms with van der Waals surface area (Å²) < 4.78 is 0.745. The molecule has 1 aromatic rings. The predicted molar refractivity (Wildman–Crippen MR) is 81.9 cm³/mol. The van der Waals surface area contributed by atoms with Crippen LogP contribution in [-0.4, -0.2) is 45.8 Å². The van der Waals surface area contributed by atoms with Gasteiger partial charge in [0.2, 0.25) is 0 Å². The Morgan fingerprint density at radius 1 is 1.45 bits per heavy atom. The van der Waals surface area contributed by atoms with Gasteiger partial charge in [0.15, 0.2) is 0 Å². The Kier molecular flexibility index (Phi) is 4.71. The van der Waals surface area contributed by atoms with Crippen LogP contribution in [0.1, 0.15) is 6.42 Å². The Bertz CT molecular complexity index is 554. The van der Waals surface area contributed by atoms with Gasteiger partial charge in [-0.1, -0.05) is 11.6 Å². The van der Waals surface area contributed by atoms with Gasteiger partial charge in [-0.3, -0.25) is 0 Å². The summed E-state index contributed by atoms with van der Waals surface area (Å²) in [7, 11) is 0. The summed E-state index contributed by atoms with van der Waals surface area (Å²) in [6.07, 6.45) is -0.772. The molecule has 2 rings (SSSR count). The molecule has 6 nitrogen and oxygen atoms in total. The number of aliphatic carboxylic acids is 1. The van der Waals surface area contributed by atoms with Crippen molar-refractivity contribution in [2.45, 2.75) is 18.6 Å². The fourth-order valence-corrected chi connectivity index (χ4v) is 3.06. The number of carbonyl (C=O) groups is 2. The molecule has 0 unspecified atom stereocenters. The van der Waals surface area contributed by atoms with Crippen molar-refractivity contribution in [3.05, 3.63) is 26.8 Å². The molecule has 2 amide bonds. The van der Waals surface area contributed by atoms with Crippen LogP contribution in [0.15, 0.2) is 18.2 Å². The van der Waals surface area contributed by atoms with Gasteiger partial charge >= 0.3 is 12.0 Å². The molecule has 0 aliphatic carbocycles. The third-order valence-corrected chi connectivity index (χ3v) is 4.13. The van der Waals surface area contributed by atoms with Crippen molar-refractivity contribution in [3.8, 4) is 0 Å². The molecular formula is C12H12ClIN2O4. The lowest BCUT2D eigenvalue weighted by Gasteiger charge is -2.22. The fraction of sp³-hybridized carbons (Fsp3) is 0.333. The second kappa shape index (κ2) is 6.15. The van der Waals surface area contributed by atoms with E-state index >= 15 is 0 Å². The van der Waals surface area contributed by atoms with Crippen LogP contribution in [0.5, 0.6) is 0 Å². The number of carbonyl (C=O) groups excluding carboxylic acids is 1. The number of anilines is 1. The Hall–Kier alpha value is -1.06. The van der Waals surface area contributed by atoms with Crippen molar-refractivity contribution >= 4 is 51.9 Å². The van der Waals surface area contributed by atoms with Gasteiger partial charge in [0.1, 0.15) is 6.04 Å². The zero-order valence-corrected chi connectivity index (χ0v) is 13.1. The molecular weight excluding hydrogens is 398 g/mol. The normalized spacial score (nSPS) is 21.9. The predicted octanol–water partition coefficient (Wildman–Crippen LogP) is 2.00. The highest BCUT2D eigenvalue weighted by molar-refractivity contribution is 14.1. The molecule has 0 aromatic heterocycles. The summed E-state index contributed by atoms with van der Waals surface area (Å²) >= 11 is 7.85. The molecule has 0 spiro atoms. The standard InChI is InChI=1S/C12H12ClIN2O4/c13-6-1-2-9(8(14)3-6)15-12(20)16-5-7(17)4-10(16)11(18)19/h1-3,7,10,17H,4-5H2,(H,15,20)(H,18,19)/t7-,10-/m1/s1. The van der Waals surface area contributed by atoms with Gasteiger partial charge in [0.05, 0.1) is 11.8 Å². The summed E-state index contributed by atoms with van der Waals surface area (Å²) in [6, 6.07) is 3.41. The van der Waals surface area contributed by atoms with Crippen LogP contribution < -0.4 is 5.32 Å². The number of hydrogen-bond acceptors (Lipinski definition) is 3. The fourth-order valence-electron chi connectivity index (χ4n) is 2.05. The van der Waals surface area contributed by atoms with Crippen LogP contribution in [0.4, 0.5) is 10.5 Å². The van der Waals surface area contributed by atoms with E-state index in [9.17, 15) is 14.7 Å². The lowest BCUT2D eigenvalue weighted by atomic mass is 10.2. The van der Waals surface area contributed by atoms with E-state index in [4.69, 9.17) is 16.7 Å². The number of aliphatic hydroxyl groups is 1. The first-order valence-electron chi connectivity index (χ1n) is 5.82. The molecule has 3 N–H and O–H groups in total. The molecule has 0 radical (unpaired) electrons. The van der Waals surface area contributed by atoms with Crippen LogP contribution in [0.3, 0.4) is 0 Å². The average molecular weight is 411 g/mol. The monoisotopic (exact) mass is 410 g/mol. The van der Waals surface area contributed by atoms with Crippen molar-refractivity contribution in [2.24, 2.45) is 0 Å². The van der Waals surface area contributed by atoms with Crippen LogP contribution in [-0.2, 0) is 4.79 Å². The van der Waals surface area contributed by atoms with Gasteiger partial charge < -0.3 is 20.4 Å². The van der Waals surface area contributed by atoms with Crippen LogP contribution in [0.2, 0.25) is 5.02 Å². The molecule has 1 saturated heterocycles. The maximum absolute atomic E-state index is 12.1. The first kappa shape index (κ1) is 15.3. The number of halogens is 2. The quantitative estimate of drug-likeness (QED) is 0.651. The van der Waals surface area contributed by atoms with E-state index in [1.54, 1.807) is 18.2 Å². The van der Waals surface area contributed by atoms with Crippen molar-refractivity contribution in [3.63, 3.8) is 0 Å². The summed E-state index contributed by atoms with van der Waals surface area (Å²) in [5.41, 5.74) is 0.547. The van der Waals surface area contributed by atoms with E-state index in [0.717, 1.165) is 8.47 Å². The number of hydrogen-bond donors (Lipinski definition) is 3. The van der Waals surface area contributed by atoms with E-state index in [0.29, 0.717) is 10.7 Å². The summed E-state index contributed by atoms with van der Waals surface area (Å²) in [4.78, 5) is 24.3. The molecule has 2 atom stereocenters. The van der Waals surface area contributed by atoms with Gasteiger partial charge in [-0.05, 0) is 40.8 Å². The highest BCUT2D eigenvalue weighted by atomic mass is 127. The molecule has 20 heavy (non-hydrogen) atoms.